The Hall–Kier alpha value is -4.20. The Morgan fingerprint density at radius 3 is 2.29 bits per heavy atom. The van der Waals surface area contributed by atoms with Crippen molar-refractivity contribution in [2.45, 2.75) is 6.92 Å². The van der Waals surface area contributed by atoms with E-state index in [1.165, 1.54) is 14.2 Å². The number of carbonyl (C=O) groups is 2. The fourth-order valence-electron chi connectivity index (χ4n) is 2.77. The number of benzene rings is 2. The number of aromatic nitrogens is 1. The Balaban J connectivity index is 1.70. The lowest BCUT2D eigenvalue weighted by Gasteiger charge is -2.09. The first-order chi connectivity index (χ1) is 15.0. The second-order valence-corrected chi connectivity index (χ2v) is 6.48. The smallest absolute Gasteiger partial charge is 0.271 e. The van der Waals surface area contributed by atoms with E-state index in [4.69, 9.17) is 9.47 Å². The number of anilines is 1. The standard InChI is InChI=1S/C23H22N4O4/c1-15(26-27-23(29)18-7-8-20(30-2)21(14-18)31-3)17-5-4-6-19(13-17)25-22(28)16-9-11-24-12-10-16/h4-14H,1-3H3,(H,25,28)(H,27,29)/b26-15-. The summed E-state index contributed by atoms with van der Waals surface area (Å²) in [6.45, 7) is 1.76. The highest BCUT2D eigenvalue weighted by molar-refractivity contribution is 6.06. The minimum Gasteiger partial charge on any atom is -0.493 e. The normalized spacial score (nSPS) is 10.9. The van der Waals surface area contributed by atoms with E-state index in [1.54, 1.807) is 67.8 Å². The molecule has 0 aliphatic heterocycles. The molecule has 3 rings (SSSR count). The van der Waals surface area contributed by atoms with Crippen molar-refractivity contribution in [2.75, 3.05) is 19.5 Å². The quantitative estimate of drug-likeness (QED) is 0.452. The van der Waals surface area contributed by atoms with Crippen molar-refractivity contribution >= 4 is 23.2 Å². The molecule has 8 heteroatoms. The van der Waals surface area contributed by atoms with E-state index in [0.29, 0.717) is 34.0 Å². The molecule has 2 N–H and O–H groups in total. The van der Waals surface area contributed by atoms with Gasteiger partial charge in [-0.25, -0.2) is 5.43 Å². The summed E-state index contributed by atoms with van der Waals surface area (Å²) in [7, 11) is 3.03. The van der Waals surface area contributed by atoms with Gasteiger partial charge >= 0.3 is 0 Å². The summed E-state index contributed by atoms with van der Waals surface area (Å²) in [6, 6.07) is 15.3. The molecule has 0 unspecified atom stereocenters. The van der Waals surface area contributed by atoms with Crippen molar-refractivity contribution in [2.24, 2.45) is 5.10 Å². The van der Waals surface area contributed by atoms with Crippen LogP contribution in [0.4, 0.5) is 5.69 Å². The SMILES string of the molecule is COc1ccc(C(=O)N/N=C(/C)c2cccc(NC(=O)c3ccncc3)c2)cc1OC. The topological polar surface area (TPSA) is 102 Å². The third kappa shape index (κ3) is 5.45. The average molecular weight is 418 g/mol. The Morgan fingerprint density at radius 1 is 0.839 bits per heavy atom. The Bertz CT molecular complexity index is 1110. The van der Waals surface area contributed by atoms with E-state index in [1.807, 2.05) is 6.07 Å². The number of ether oxygens (including phenoxy) is 2. The molecule has 1 heterocycles. The first-order valence-electron chi connectivity index (χ1n) is 9.40. The largest absolute Gasteiger partial charge is 0.493 e. The molecule has 0 saturated heterocycles. The lowest BCUT2D eigenvalue weighted by Crippen LogP contribution is -2.19. The first-order valence-corrected chi connectivity index (χ1v) is 9.40. The zero-order valence-electron chi connectivity index (χ0n) is 17.4. The second kappa shape index (κ2) is 10.0. The minimum absolute atomic E-state index is 0.240. The number of hydrogen-bond donors (Lipinski definition) is 2. The monoisotopic (exact) mass is 418 g/mol. The van der Waals surface area contributed by atoms with Crippen molar-refractivity contribution in [3.05, 3.63) is 83.7 Å². The van der Waals surface area contributed by atoms with Crippen molar-refractivity contribution < 1.29 is 19.1 Å². The van der Waals surface area contributed by atoms with Gasteiger partial charge in [0.25, 0.3) is 11.8 Å². The molecular formula is C23H22N4O4. The zero-order chi connectivity index (χ0) is 22.2. The predicted octanol–water partition coefficient (Wildman–Crippen LogP) is 3.51. The summed E-state index contributed by atoms with van der Waals surface area (Å²) in [5, 5.41) is 7.00. The van der Waals surface area contributed by atoms with Gasteiger partial charge in [0.2, 0.25) is 0 Å². The number of rotatable bonds is 7. The lowest BCUT2D eigenvalue weighted by molar-refractivity contribution is 0.0953. The Morgan fingerprint density at radius 2 is 1.58 bits per heavy atom. The molecule has 2 aromatic carbocycles. The molecule has 0 bridgehead atoms. The molecule has 8 nitrogen and oxygen atoms in total. The molecule has 0 radical (unpaired) electrons. The number of hydrogen-bond acceptors (Lipinski definition) is 6. The van der Waals surface area contributed by atoms with Crippen molar-refractivity contribution in [1.82, 2.24) is 10.4 Å². The van der Waals surface area contributed by atoms with Gasteiger partial charge in [-0.3, -0.25) is 14.6 Å². The van der Waals surface area contributed by atoms with Crippen LogP contribution < -0.4 is 20.2 Å². The maximum absolute atomic E-state index is 12.4. The van der Waals surface area contributed by atoms with Crippen LogP contribution in [0.1, 0.15) is 33.2 Å². The molecule has 0 atom stereocenters. The van der Waals surface area contributed by atoms with Gasteiger partial charge in [0, 0.05) is 29.2 Å². The number of carbonyl (C=O) groups excluding carboxylic acids is 2. The summed E-state index contributed by atoms with van der Waals surface area (Å²) in [5.41, 5.74) is 5.36. The predicted molar refractivity (Wildman–Crippen MR) is 118 cm³/mol. The first kappa shape index (κ1) is 21.5. The van der Waals surface area contributed by atoms with Gasteiger partial charge in [-0.05, 0) is 55.0 Å². The van der Waals surface area contributed by atoms with Gasteiger partial charge in [0.15, 0.2) is 11.5 Å². The maximum atomic E-state index is 12.4. The fourth-order valence-corrected chi connectivity index (χ4v) is 2.77. The fraction of sp³-hybridized carbons (Fsp3) is 0.130. The molecule has 2 amide bonds. The summed E-state index contributed by atoms with van der Waals surface area (Å²) in [6.07, 6.45) is 3.12. The Labute approximate surface area is 179 Å². The van der Waals surface area contributed by atoms with Crippen molar-refractivity contribution in [3.8, 4) is 11.5 Å². The van der Waals surface area contributed by atoms with Crippen LogP contribution in [0.2, 0.25) is 0 Å². The zero-order valence-corrected chi connectivity index (χ0v) is 17.4. The van der Waals surface area contributed by atoms with Crippen LogP contribution in [0.5, 0.6) is 11.5 Å². The van der Waals surface area contributed by atoms with E-state index < -0.39 is 0 Å². The van der Waals surface area contributed by atoms with Gasteiger partial charge in [0.1, 0.15) is 0 Å². The highest BCUT2D eigenvalue weighted by atomic mass is 16.5. The summed E-state index contributed by atoms with van der Waals surface area (Å²) >= 11 is 0. The molecule has 0 saturated carbocycles. The third-order valence-electron chi connectivity index (χ3n) is 4.45. The van der Waals surface area contributed by atoms with E-state index in [-0.39, 0.29) is 11.8 Å². The number of pyridine rings is 1. The summed E-state index contributed by atoms with van der Waals surface area (Å²) in [5.74, 6) is 0.358. The lowest BCUT2D eigenvalue weighted by atomic mass is 10.1. The molecule has 0 aliphatic carbocycles. The van der Waals surface area contributed by atoms with Crippen LogP contribution in [0.15, 0.2) is 72.1 Å². The average Bonchev–Trinajstić information content (AvgIpc) is 2.82. The molecule has 31 heavy (non-hydrogen) atoms. The summed E-state index contributed by atoms with van der Waals surface area (Å²) < 4.78 is 10.4. The molecule has 158 valence electrons. The van der Waals surface area contributed by atoms with E-state index in [0.717, 1.165) is 5.56 Å². The number of methoxy groups -OCH3 is 2. The van der Waals surface area contributed by atoms with Crippen molar-refractivity contribution in [3.63, 3.8) is 0 Å². The molecular weight excluding hydrogens is 396 g/mol. The van der Waals surface area contributed by atoms with Crippen LogP contribution in [-0.4, -0.2) is 36.7 Å². The molecule has 3 aromatic rings. The Kier molecular flexibility index (Phi) is 6.95. The van der Waals surface area contributed by atoms with Gasteiger partial charge in [0.05, 0.1) is 19.9 Å². The molecule has 1 aromatic heterocycles. The van der Waals surface area contributed by atoms with Crippen LogP contribution in [0, 0.1) is 0 Å². The van der Waals surface area contributed by atoms with Crippen molar-refractivity contribution in [1.29, 1.82) is 0 Å². The van der Waals surface area contributed by atoms with Gasteiger partial charge in [-0.15, -0.1) is 0 Å². The van der Waals surface area contributed by atoms with E-state index in [2.05, 4.69) is 20.8 Å². The van der Waals surface area contributed by atoms with Crippen LogP contribution in [0.3, 0.4) is 0 Å². The van der Waals surface area contributed by atoms with E-state index in [9.17, 15) is 9.59 Å². The number of nitrogens with zero attached hydrogens (tertiary/aromatic N) is 2. The van der Waals surface area contributed by atoms with Crippen LogP contribution in [0.25, 0.3) is 0 Å². The van der Waals surface area contributed by atoms with Gasteiger partial charge in [-0.1, -0.05) is 12.1 Å². The van der Waals surface area contributed by atoms with E-state index >= 15 is 0 Å². The highest BCUT2D eigenvalue weighted by Crippen LogP contribution is 2.27. The third-order valence-corrected chi connectivity index (χ3v) is 4.45. The van der Waals surface area contributed by atoms with Gasteiger partial charge in [-0.2, -0.15) is 5.10 Å². The molecule has 0 aliphatic rings. The molecule has 0 fully saturated rings. The number of nitrogens with one attached hydrogen (secondary N) is 2. The minimum atomic E-state index is -0.387. The second-order valence-electron chi connectivity index (χ2n) is 6.48. The van der Waals surface area contributed by atoms with Crippen LogP contribution >= 0.6 is 0 Å². The van der Waals surface area contributed by atoms with Gasteiger partial charge < -0.3 is 14.8 Å². The maximum Gasteiger partial charge on any atom is 0.271 e. The number of amides is 2. The number of hydrazone groups is 1. The molecule has 0 spiro atoms. The highest BCUT2D eigenvalue weighted by Gasteiger charge is 2.11. The summed E-state index contributed by atoms with van der Waals surface area (Å²) in [4.78, 5) is 28.7. The van der Waals surface area contributed by atoms with Crippen LogP contribution in [-0.2, 0) is 0 Å².